The summed E-state index contributed by atoms with van der Waals surface area (Å²) in [6.07, 6.45) is 0. The van der Waals surface area contributed by atoms with Crippen molar-refractivity contribution in [1.29, 1.82) is 0 Å². The van der Waals surface area contributed by atoms with Gasteiger partial charge in [-0.05, 0) is 35.2 Å². The molecule has 0 N–H and O–H groups in total. The lowest BCUT2D eigenvalue weighted by Gasteiger charge is -2.08. The SMILES string of the molecule is C=C(C)C(=O)OCc1cc2ccccc2c2c1oc1c3ccccc3ccc12. The molecule has 0 saturated heterocycles. The quantitative estimate of drug-likeness (QED) is 0.270. The molecule has 0 fully saturated rings. The number of rotatable bonds is 3. The Morgan fingerprint density at radius 3 is 2.39 bits per heavy atom. The molecule has 0 unspecified atom stereocenters. The third-order valence-electron chi connectivity index (χ3n) is 5.14. The summed E-state index contributed by atoms with van der Waals surface area (Å²) in [6.45, 7) is 5.44. The smallest absolute Gasteiger partial charge is 0.333 e. The second kappa shape index (κ2) is 6.24. The van der Waals surface area contributed by atoms with Crippen molar-refractivity contribution in [2.24, 2.45) is 0 Å². The molecule has 0 radical (unpaired) electrons. The molecule has 0 amide bonds. The van der Waals surface area contributed by atoms with Gasteiger partial charge in [-0.3, -0.25) is 0 Å². The molecule has 0 aliphatic heterocycles. The molecule has 0 spiro atoms. The molecule has 28 heavy (non-hydrogen) atoms. The number of carbonyl (C=O) groups excluding carboxylic acids is 1. The summed E-state index contributed by atoms with van der Waals surface area (Å²) in [5.41, 5.74) is 2.85. The van der Waals surface area contributed by atoms with Crippen LogP contribution in [-0.2, 0) is 16.1 Å². The standard InChI is InChI=1S/C25H18O3/c1-15(2)25(26)27-14-18-13-17-8-4-5-9-19(17)22-21-12-11-16-7-3-6-10-20(16)24(21)28-23(18)22/h3-13H,1,14H2,2H3. The minimum atomic E-state index is -0.400. The molecule has 0 aliphatic carbocycles. The van der Waals surface area contributed by atoms with Gasteiger partial charge in [-0.2, -0.15) is 0 Å². The van der Waals surface area contributed by atoms with E-state index in [0.717, 1.165) is 49.0 Å². The third kappa shape index (κ3) is 2.48. The van der Waals surface area contributed by atoms with Crippen molar-refractivity contribution in [2.45, 2.75) is 13.5 Å². The number of ether oxygens (including phenoxy) is 1. The molecule has 5 rings (SSSR count). The minimum Gasteiger partial charge on any atom is -0.457 e. The zero-order valence-electron chi connectivity index (χ0n) is 15.5. The fraction of sp³-hybridized carbons (Fsp3) is 0.0800. The average molecular weight is 366 g/mol. The van der Waals surface area contributed by atoms with Gasteiger partial charge in [-0.25, -0.2) is 4.79 Å². The van der Waals surface area contributed by atoms with E-state index in [1.807, 2.05) is 30.3 Å². The van der Waals surface area contributed by atoms with Gasteiger partial charge in [0.1, 0.15) is 17.8 Å². The van der Waals surface area contributed by atoms with Gasteiger partial charge in [0.2, 0.25) is 0 Å². The van der Waals surface area contributed by atoms with Crippen LogP contribution in [-0.4, -0.2) is 5.97 Å². The topological polar surface area (TPSA) is 39.4 Å². The van der Waals surface area contributed by atoms with Crippen LogP contribution < -0.4 is 0 Å². The second-order valence-corrected chi connectivity index (χ2v) is 7.08. The van der Waals surface area contributed by atoms with Crippen molar-refractivity contribution < 1.29 is 13.9 Å². The number of hydrogen-bond acceptors (Lipinski definition) is 3. The summed E-state index contributed by atoms with van der Waals surface area (Å²) < 4.78 is 11.8. The fourth-order valence-corrected chi connectivity index (χ4v) is 3.80. The normalized spacial score (nSPS) is 11.5. The maximum atomic E-state index is 11.9. The average Bonchev–Trinajstić information content (AvgIpc) is 3.12. The molecule has 1 aromatic heterocycles. The van der Waals surface area contributed by atoms with Crippen molar-refractivity contribution in [1.82, 2.24) is 0 Å². The van der Waals surface area contributed by atoms with E-state index in [2.05, 4.69) is 43.0 Å². The summed E-state index contributed by atoms with van der Waals surface area (Å²) >= 11 is 0. The summed E-state index contributed by atoms with van der Waals surface area (Å²) in [6, 6.07) is 22.7. The first-order chi connectivity index (χ1) is 13.6. The zero-order chi connectivity index (χ0) is 19.3. The van der Waals surface area contributed by atoms with Gasteiger partial charge in [0.25, 0.3) is 0 Å². The van der Waals surface area contributed by atoms with E-state index >= 15 is 0 Å². The van der Waals surface area contributed by atoms with Gasteiger partial charge in [0.15, 0.2) is 0 Å². The number of hydrogen-bond donors (Lipinski definition) is 0. The molecule has 0 atom stereocenters. The highest BCUT2D eigenvalue weighted by Gasteiger charge is 2.17. The second-order valence-electron chi connectivity index (χ2n) is 7.08. The Balaban J connectivity index is 1.85. The van der Waals surface area contributed by atoms with Gasteiger partial charge in [-0.15, -0.1) is 0 Å². The Bertz CT molecular complexity index is 1410. The molecule has 0 bridgehead atoms. The first kappa shape index (κ1) is 16.6. The lowest BCUT2D eigenvalue weighted by Crippen LogP contribution is -2.05. The van der Waals surface area contributed by atoms with Gasteiger partial charge < -0.3 is 9.15 Å². The summed E-state index contributed by atoms with van der Waals surface area (Å²) in [7, 11) is 0. The third-order valence-corrected chi connectivity index (χ3v) is 5.14. The Kier molecular flexibility index (Phi) is 3.69. The molecular weight excluding hydrogens is 348 g/mol. The fourth-order valence-electron chi connectivity index (χ4n) is 3.80. The number of carbonyl (C=O) groups is 1. The van der Waals surface area contributed by atoms with Crippen molar-refractivity contribution in [3.05, 3.63) is 84.4 Å². The van der Waals surface area contributed by atoms with Gasteiger partial charge in [-0.1, -0.05) is 61.2 Å². The molecule has 3 nitrogen and oxygen atoms in total. The predicted molar refractivity (Wildman–Crippen MR) is 113 cm³/mol. The monoisotopic (exact) mass is 366 g/mol. The Morgan fingerprint density at radius 2 is 1.61 bits per heavy atom. The van der Waals surface area contributed by atoms with Crippen molar-refractivity contribution in [2.75, 3.05) is 0 Å². The molecule has 4 aromatic carbocycles. The Labute approximate surface area is 161 Å². The van der Waals surface area contributed by atoms with Crippen LogP contribution in [0.15, 0.2) is 83.3 Å². The minimum absolute atomic E-state index is 0.144. The molecule has 3 heteroatoms. The van der Waals surface area contributed by atoms with Gasteiger partial charge in [0, 0.05) is 27.3 Å². The molecule has 1 heterocycles. The van der Waals surface area contributed by atoms with Crippen molar-refractivity contribution >= 4 is 49.5 Å². The highest BCUT2D eigenvalue weighted by atomic mass is 16.5. The Morgan fingerprint density at radius 1 is 0.893 bits per heavy atom. The van der Waals surface area contributed by atoms with Crippen molar-refractivity contribution in [3.63, 3.8) is 0 Å². The summed E-state index contributed by atoms with van der Waals surface area (Å²) in [4.78, 5) is 11.9. The Hall–Kier alpha value is -3.59. The molecule has 0 aliphatic rings. The lowest BCUT2D eigenvalue weighted by atomic mass is 9.99. The highest BCUT2D eigenvalue weighted by Crippen LogP contribution is 2.39. The number of esters is 1. The van der Waals surface area contributed by atoms with Gasteiger partial charge >= 0.3 is 5.97 Å². The lowest BCUT2D eigenvalue weighted by molar-refractivity contribution is -0.140. The van der Waals surface area contributed by atoms with E-state index in [9.17, 15) is 4.79 Å². The largest absolute Gasteiger partial charge is 0.457 e. The zero-order valence-corrected chi connectivity index (χ0v) is 15.5. The number of benzene rings is 4. The molecule has 136 valence electrons. The van der Waals surface area contributed by atoms with Crippen LogP contribution in [0.2, 0.25) is 0 Å². The first-order valence-electron chi connectivity index (χ1n) is 9.21. The van der Waals surface area contributed by atoms with Crippen LogP contribution in [0.4, 0.5) is 0 Å². The molecular formula is C25H18O3. The molecule has 5 aromatic rings. The van der Waals surface area contributed by atoms with Crippen LogP contribution >= 0.6 is 0 Å². The van der Waals surface area contributed by atoms with E-state index in [1.165, 1.54) is 0 Å². The van der Waals surface area contributed by atoms with E-state index in [0.29, 0.717) is 5.57 Å². The van der Waals surface area contributed by atoms with E-state index in [4.69, 9.17) is 9.15 Å². The van der Waals surface area contributed by atoms with Crippen LogP contribution in [0.5, 0.6) is 0 Å². The van der Waals surface area contributed by atoms with Crippen molar-refractivity contribution in [3.8, 4) is 0 Å². The highest BCUT2D eigenvalue weighted by molar-refractivity contribution is 6.23. The van der Waals surface area contributed by atoms with E-state index in [1.54, 1.807) is 6.92 Å². The van der Waals surface area contributed by atoms with Crippen LogP contribution in [0.25, 0.3) is 43.5 Å². The predicted octanol–water partition coefficient (Wildman–Crippen LogP) is 6.51. The first-order valence-corrected chi connectivity index (χ1v) is 9.21. The maximum Gasteiger partial charge on any atom is 0.333 e. The van der Waals surface area contributed by atoms with Gasteiger partial charge in [0.05, 0.1) is 0 Å². The maximum absolute atomic E-state index is 11.9. The summed E-state index contributed by atoms with van der Waals surface area (Å²) in [5, 5.41) is 6.55. The van der Waals surface area contributed by atoms with Crippen LogP contribution in [0.3, 0.4) is 0 Å². The number of fused-ring (bicyclic) bond motifs is 7. The number of furan rings is 1. The van der Waals surface area contributed by atoms with E-state index < -0.39 is 5.97 Å². The summed E-state index contributed by atoms with van der Waals surface area (Å²) in [5.74, 6) is -0.400. The molecule has 0 saturated carbocycles. The van der Waals surface area contributed by atoms with Crippen LogP contribution in [0, 0.1) is 0 Å². The van der Waals surface area contributed by atoms with E-state index in [-0.39, 0.29) is 6.61 Å². The van der Waals surface area contributed by atoms with Crippen LogP contribution in [0.1, 0.15) is 12.5 Å².